The molecule has 0 N–H and O–H groups in total. The maximum absolute atomic E-state index is 12.0. The number of allylic oxidation sites excluding steroid dienone is 6. The number of ketones is 1. The molecule has 1 rings (SSSR count). The molecule has 0 radical (unpaired) electrons. The average Bonchev–Trinajstić information content (AvgIpc) is 2.16. The first-order valence-electron chi connectivity index (χ1n) is 5.52. The van der Waals surface area contributed by atoms with E-state index in [1.807, 2.05) is 26.0 Å². The summed E-state index contributed by atoms with van der Waals surface area (Å²) in [5.74, 6) is 0.239. The molecular formula is C14H20O. The van der Waals surface area contributed by atoms with E-state index in [9.17, 15) is 4.79 Å². The topological polar surface area (TPSA) is 17.1 Å². The van der Waals surface area contributed by atoms with Gasteiger partial charge < -0.3 is 0 Å². The number of carbonyl (C=O) groups is 1. The zero-order valence-electron chi connectivity index (χ0n) is 10.1. The Bertz CT molecular complexity index is 329. The Labute approximate surface area is 92.6 Å². The summed E-state index contributed by atoms with van der Waals surface area (Å²) < 4.78 is 0. The van der Waals surface area contributed by atoms with E-state index in [0.717, 1.165) is 12.0 Å². The van der Waals surface area contributed by atoms with Crippen molar-refractivity contribution in [2.24, 2.45) is 11.3 Å². The zero-order valence-corrected chi connectivity index (χ0v) is 10.1. The molecule has 0 aromatic rings. The van der Waals surface area contributed by atoms with Gasteiger partial charge in [-0.2, -0.15) is 0 Å². The Kier molecular flexibility index (Phi) is 3.67. The molecule has 0 spiro atoms. The van der Waals surface area contributed by atoms with Gasteiger partial charge in [0.2, 0.25) is 0 Å². The molecule has 0 aromatic heterocycles. The van der Waals surface area contributed by atoms with Crippen LogP contribution in [0, 0.1) is 11.3 Å². The van der Waals surface area contributed by atoms with Gasteiger partial charge >= 0.3 is 0 Å². The number of hydrogen-bond donors (Lipinski definition) is 0. The molecular weight excluding hydrogens is 184 g/mol. The van der Waals surface area contributed by atoms with E-state index >= 15 is 0 Å². The average molecular weight is 204 g/mol. The first-order chi connectivity index (χ1) is 7.03. The summed E-state index contributed by atoms with van der Waals surface area (Å²) in [4.78, 5) is 12.0. The number of hydrogen-bond acceptors (Lipinski definition) is 1. The van der Waals surface area contributed by atoms with Crippen molar-refractivity contribution in [3.63, 3.8) is 0 Å². The Balaban J connectivity index is 3.09. The van der Waals surface area contributed by atoms with Gasteiger partial charge in [-0.25, -0.2) is 0 Å². The van der Waals surface area contributed by atoms with Gasteiger partial charge in [0.15, 0.2) is 5.78 Å². The van der Waals surface area contributed by atoms with Crippen LogP contribution in [0.2, 0.25) is 0 Å². The minimum atomic E-state index is 0.0173. The highest BCUT2D eigenvalue weighted by atomic mass is 16.1. The Morgan fingerprint density at radius 1 is 1.47 bits per heavy atom. The quantitative estimate of drug-likeness (QED) is 0.627. The lowest BCUT2D eigenvalue weighted by molar-refractivity contribution is -0.120. The van der Waals surface area contributed by atoms with Crippen molar-refractivity contribution in [3.8, 4) is 0 Å². The van der Waals surface area contributed by atoms with Crippen molar-refractivity contribution >= 4 is 5.78 Å². The molecule has 1 aliphatic rings. The molecule has 0 amide bonds. The highest BCUT2D eigenvalue weighted by molar-refractivity contribution is 5.95. The molecule has 0 saturated carbocycles. The van der Waals surface area contributed by atoms with Gasteiger partial charge in [0.05, 0.1) is 5.92 Å². The molecule has 0 heterocycles. The monoisotopic (exact) mass is 204 g/mol. The van der Waals surface area contributed by atoms with E-state index in [1.54, 1.807) is 6.08 Å². The van der Waals surface area contributed by atoms with Crippen LogP contribution in [-0.2, 0) is 4.79 Å². The Morgan fingerprint density at radius 2 is 2.13 bits per heavy atom. The molecule has 82 valence electrons. The third-order valence-electron chi connectivity index (χ3n) is 3.02. The second-order valence-corrected chi connectivity index (χ2v) is 4.72. The summed E-state index contributed by atoms with van der Waals surface area (Å²) in [6.45, 7) is 8.20. The van der Waals surface area contributed by atoms with Crippen molar-refractivity contribution in [2.45, 2.75) is 34.1 Å². The largest absolute Gasteiger partial charge is 0.294 e. The fourth-order valence-corrected chi connectivity index (χ4v) is 2.24. The molecule has 15 heavy (non-hydrogen) atoms. The molecule has 1 aliphatic carbocycles. The normalized spacial score (nSPS) is 27.5. The van der Waals surface area contributed by atoms with Crippen LogP contribution in [0.5, 0.6) is 0 Å². The van der Waals surface area contributed by atoms with Gasteiger partial charge in [0.25, 0.3) is 0 Å². The zero-order chi connectivity index (χ0) is 11.5. The van der Waals surface area contributed by atoms with Crippen LogP contribution in [-0.4, -0.2) is 5.78 Å². The summed E-state index contributed by atoms with van der Waals surface area (Å²) in [7, 11) is 0. The van der Waals surface area contributed by atoms with Crippen molar-refractivity contribution in [1.29, 1.82) is 0 Å². The highest BCUT2D eigenvalue weighted by Gasteiger charge is 2.36. The molecule has 1 nitrogen and oxygen atoms in total. The molecule has 0 aromatic carbocycles. The SMILES string of the molecule is CC=CC(=O)C1C(=CC)C=CCC1(C)C. The molecule has 1 heteroatoms. The summed E-state index contributed by atoms with van der Waals surface area (Å²) >= 11 is 0. The van der Waals surface area contributed by atoms with Crippen molar-refractivity contribution in [1.82, 2.24) is 0 Å². The third-order valence-corrected chi connectivity index (χ3v) is 3.02. The van der Waals surface area contributed by atoms with E-state index in [-0.39, 0.29) is 17.1 Å². The summed E-state index contributed by atoms with van der Waals surface area (Å²) in [5, 5.41) is 0. The smallest absolute Gasteiger partial charge is 0.163 e. The lowest BCUT2D eigenvalue weighted by atomic mass is 9.67. The van der Waals surface area contributed by atoms with E-state index < -0.39 is 0 Å². The van der Waals surface area contributed by atoms with Crippen LogP contribution >= 0.6 is 0 Å². The molecule has 0 bridgehead atoms. The maximum atomic E-state index is 12.0. The van der Waals surface area contributed by atoms with Crippen molar-refractivity contribution < 1.29 is 4.79 Å². The van der Waals surface area contributed by atoms with Crippen LogP contribution in [0.25, 0.3) is 0 Å². The second kappa shape index (κ2) is 4.61. The third kappa shape index (κ3) is 2.47. The highest BCUT2D eigenvalue weighted by Crippen LogP contribution is 2.40. The van der Waals surface area contributed by atoms with Crippen LogP contribution < -0.4 is 0 Å². The molecule has 0 fully saturated rings. The van der Waals surface area contributed by atoms with Crippen LogP contribution in [0.3, 0.4) is 0 Å². The van der Waals surface area contributed by atoms with E-state index in [2.05, 4.69) is 26.0 Å². The number of carbonyl (C=O) groups excluding carboxylic acids is 1. The Morgan fingerprint density at radius 3 is 2.67 bits per heavy atom. The van der Waals surface area contributed by atoms with Crippen molar-refractivity contribution in [2.75, 3.05) is 0 Å². The first-order valence-corrected chi connectivity index (χ1v) is 5.52. The van der Waals surface area contributed by atoms with Gasteiger partial charge in [-0.15, -0.1) is 0 Å². The number of rotatable bonds is 2. The molecule has 1 unspecified atom stereocenters. The standard InChI is InChI=1S/C14H20O/c1-5-8-12(15)13-11(6-2)9-7-10-14(13,3)4/h5-9,13H,10H2,1-4H3. The first kappa shape index (κ1) is 12.0. The fraction of sp³-hybridized carbons (Fsp3) is 0.500. The lowest BCUT2D eigenvalue weighted by Gasteiger charge is -2.35. The van der Waals surface area contributed by atoms with Gasteiger partial charge in [-0.1, -0.05) is 38.2 Å². The summed E-state index contributed by atoms with van der Waals surface area (Å²) in [6.07, 6.45) is 10.8. The minimum absolute atomic E-state index is 0.0173. The molecule has 0 saturated heterocycles. The summed E-state index contributed by atoms with van der Waals surface area (Å²) in [6, 6.07) is 0. The van der Waals surface area contributed by atoms with E-state index in [0.29, 0.717) is 0 Å². The Hall–Kier alpha value is -1.11. The molecule has 1 atom stereocenters. The molecule has 0 aliphatic heterocycles. The van der Waals surface area contributed by atoms with Crippen LogP contribution in [0.4, 0.5) is 0 Å². The van der Waals surface area contributed by atoms with Crippen LogP contribution in [0.15, 0.2) is 36.0 Å². The van der Waals surface area contributed by atoms with Gasteiger partial charge in [-0.05, 0) is 37.3 Å². The van der Waals surface area contributed by atoms with Gasteiger partial charge in [-0.3, -0.25) is 4.79 Å². The lowest BCUT2D eigenvalue weighted by Crippen LogP contribution is -2.33. The second-order valence-electron chi connectivity index (χ2n) is 4.72. The van der Waals surface area contributed by atoms with Crippen molar-refractivity contribution in [3.05, 3.63) is 36.0 Å². The van der Waals surface area contributed by atoms with Crippen LogP contribution in [0.1, 0.15) is 34.1 Å². The van der Waals surface area contributed by atoms with E-state index in [1.165, 1.54) is 0 Å². The van der Waals surface area contributed by atoms with Gasteiger partial charge in [0, 0.05) is 0 Å². The minimum Gasteiger partial charge on any atom is -0.294 e. The van der Waals surface area contributed by atoms with Gasteiger partial charge in [0.1, 0.15) is 0 Å². The van der Waals surface area contributed by atoms with E-state index in [4.69, 9.17) is 0 Å². The predicted octanol–water partition coefficient (Wildman–Crippen LogP) is 3.68. The fourth-order valence-electron chi connectivity index (χ4n) is 2.24. The predicted molar refractivity (Wildman–Crippen MR) is 64.6 cm³/mol. The summed E-state index contributed by atoms with van der Waals surface area (Å²) in [5.41, 5.74) is 1.18. The maximum Gasteiger partial charge on any atom is 0.163 e.